The topological polar surface area (TPSA) is 30.7 Å². The summed E-state index contributed by atoms with van der Waals surface area (Å²) in [6.07, 6.45) is 2.23. The molecule has 1 heterocycles. The highest BCUT2D eigenvalue weighted by Crippen LogP contribution is 2.26. The zero-order valence-electron chi connectivity index (χ0n) is 13.2. The molecule has 0 saturated heterocycles. The van der Waals surface area contributed by atoms with E-state index in [2.05, 4.69) is 72.2 Å². The van der Waals surface area contributed by atoms with Gasteiger partial charge in [-0.15, -0.1) is 10.2 Å². The minimum Gasteiger partial charge on any atom is -0.314 e. The number of alkyl halides is 1. The smallest absolute Gasteiger partial charge is 0.143 e. The molecule has 0 spiro atoms. The zero-order chi connectivity index (χ0) is 14.6. The lowest BCUT2D eigenvalue weighted by Gasteiger charge is -2.23. The number of aromatic nitrogens is 3. The van der Waals surface area contributed by atoms with Gasteiger partial charge in [-0.2, -0.15) is 0 Å². The van der Waals surface area contributed by atoms with Crippen LogP contribution >= 0.6 is 15.9 Å². The average molecular weight is 330 g/mol. The van der Waals surface area contributed by atoms with Crippen LogP contribution in [0.15, 0.2) is 0 Å². The summed E-state index contributed by atoms with van der Waals surface area (Å²) in [4.78, 5) is 0. The fraction of sp³-hybridized carbons (Fsp3) is 0.867. The Morgan fingerprint density at radius 3 is 2.16 bits per heavy atom. The molecule has 0 radical (unpaired) electrons. The van der Waals surface area contributed by atoms with Crippen molar-refractivity contribution < 1.29 is 0 Å². The Labute approximate surface area is 126 Å². The third-order valence-corrected chi connectivity index (χ3v) is 3.56. The lowest BCUT2D eigenvalue weighted by Crippen LogP contribution is -2.17. The molecule has 1 rings (SSSR count). The van der Waals surface area contributed by atoms with Crippen molar-refractivity contribution in [1.82, 2.24) is 14.8 Å². The number of halogens is 1. The SMILES string of the molecule is CC(C)Cn1c(CBr)nnc1CC(C)CC(C)(C)C. The molecule has 1 unspecified atom stereocenters. The molecule has 0 aliphatic rings. The maximum Gasteiger partial charge on any atom is 0.143 e. The molecule has 1 atom stereocenters. The molecule has 0 bridgehead atoms. The molecule has 0 N–H and O–H groups in total. The van der Waals surface area contributed by atoms with Crippen LogP contribution in [-0.2, 0) is 18.3 Å². The Kier molecular flexibility index (Phi) is 6.03. The first-order valence-corrected chi connectivity index (χ1v) is 8.32. The fourth-order valence-electron chi connectivity index (χ4n) is 2.63. The minimum atomic E-state index is 0.376. The maximum atomic E-state index is 4.39. The van der Waals surface area contributed by atoms with E-state index in [4.69, 9.17) is 0 Å². The molecule has 0 aliphatic carbocycles. The molecule has 0 amide bonds. The second-order valence-electron chi connectivity index (χ2n) is 7.24. The summed E-state index contributed by atoms with van der Waals surface area (Å²) < 4.78 is 2.29. The molecule has 0 saturated carbocycles. The van der Waals surface area contributed by atoms with Gasteiger partial charge in [0.05, 0.1) is 5.33 Å². The number of hydrogen-bond acceptors (Lipinski definition) is 2. The van der Waals surface area contributed by atoms with E-state index in [1.165, 1.54) is 6.42 Å². The third kappa shape index (κ3) is 5.64. The molecule has 0 aliphatic heterocycles. The summed E-state index contributed by atoms with van der Waals surface area (Å²) in [5, 5.41) is 9.47. The van der Waals surface area contributed by atoms with Gasteiger partial charge in [-0.3, -0.25) is 0 Å². The van der Waals surface area contributed by atoms with E-state index in [9.17, 15) is 0 Å². The van der Waals surface area contributed by atoms with E-state index in [0.717, 1.165) is 29.9 Å². The Balaban J connectivity index is 2.80. The standard InChI is InChI=1S/C15H28BrN3/c1-11(2)10-19-13(17-18-14(19)9-16)7-12(3)8-15(4,5)6/h11-12H,7-10H2,1-6H3. The van der Waals surface area contributed by atoms with Crippen molar-refractivity contribution in [2.45, 2.75) is 66.3 Å². The first-order chi connectivity index (χ1) is 8.73. The van der Waals surface area contributed by atoms with Crippen LogP contribution in [-0.4, -0.2) is 14.8 Å². The molecule has 110 valence electrons. The van der Waals surface area contributed by atoms with Crippen molar-refractivity contribution in [3.63, 3.8) is 0 Å². The second-order valence-corrected chi connectivity index (χ2v) is 7.81. The predicted molar refractivity (Wildman–Crippen MR) is 84.4 cm³/mol. The molecule has 3 nitrogen and oxygen atoms in total. The maximum absolute atomic E-state index is 4.39. The summed E-state index contributed by atoms with van der Waals surface area (Å²) in [5.41, 5.74) is 0.376. The summed E-state index contributed by atoms with van der Waals surface area (Å²) in [6, 6.07) is 0. The molecular weight excluding hydrogens is 302 g/mol. The van der Waals surface area contributed by atoms with Gasteiger partial charge in [-0.25, -0.2) is 0 Å². The van der Waals surface area contributed by atoms with Gasteiger partial charge in [-0.05, 0) is 23.7 Å². The van der Waals surface area contributed by atoms with Crippen molar-refractivity contribution in [3.8, 4) is 0 Å². The molecule has 1 aromatic heterocycles. The van der Waals surface area contributed by atoms with E-state index < -0.39 is 0 Å². The van der Waals surface area contributed by atoms with Crippen LogP contribution in [0.1, 0.15) is 59.6 Å². The van der Waals surface area contributed by atoms with Crippen LogP contribution in [0.3, 0.4) is 0 Å². The molecule has 4 heteroatoms. The van der Waals surface area contributed by atoms with E-state index in [1.54, 1.807) is 0 Å². The van der Waals surface area contributed by atoms with Crippen LogP contribution in [0.5, 0.6) is 0 Å². The second kappa shape index (κ2) is 6.87. The van der Waals surface area contributed by atoms with Crippen molar-refractivity contribution in [1.29, 1.82) is 0 Å². The normalized spacial score (nSPS) is 14.1. The van der Waals surface area contributed by atoms with Crippen LogP contribution in [0.25, 0.3) is 0 Å². The van der Waals surface area contributed by atoms with Crippen LogP contribution in [0.2, 0.25) is 0 Å². The van der Waals surface area contributed by atoms with Crippen molar-refractivity contribution in [2.75, 3.05) is 0 Å². The average Bonchev–Trinajstić information content (AvgIpc) is 2.57. The first kappa shape index (κ1) is 16.7. The highest BCUT2D eigenvalue weighted by molar-refractivity contribution is 9.08. The van der Waals surface area contributed by atoms with E-state index in [-0.39, 0.29) is 0 Å². The minimum absolute atomic E-state index is 0.376. The lowest BCUT2D eigenvalue weighted by molar-refractivity contribution is 0.301. The van der Waals surface area contributed by atoms with Crippen LogP contribution in [0.4, 0.5) is 0 Å². The number of rotatable bonds is 6. The molecule has 19 heavy (non-hydrogen) atoms. The van der Waals surface area contributed by atoms with Gasteiger partial charge < -0.3 is 4.57 Å². The first-order valence-electron chi connectivity index (χ1n) is 7.20. The lowest BCUT2D eigenvalue weighted by atomic mass is 9.84. The van der Waals surface area contributed by atoms with Crippen molar-refractivity contribution in [2.24, 2.45) is 17.3 Å². The summed E-state index contributed by atoms with van der Waals surface area (Å²) >= 11 is 3.50. The van der Waals surface area contributed by atoms with Gasteiger partial charge in [0.25, 0.3) is 0 Å². The summed E-state index contributed by atoms with van der Waals surface area (Å²) in [7, 11) is 0. The van der Waals surface area contributed by atoms with Gasteiger partial charge in [0.15, 0.2) is 0 Å². The van der Waals surface area contributed by atoms with Gasteiger partial charge in [0, 0.05) is 13.0 Å². The predicted octanol–water partition coefficient (Wildman–Crippen LogP) is 4.44. The summed E-state index contributed by atoms with van der Waals surface area (Å²) in [5.74, 6) is 3.44. The van der Waals surface area contributed by atoms with Crippen LogP contribution < -0.4 is 0 Å². The number of hydrogen-bond donors (Lipinski definition) is 0. The van der Waals surface area contributed by atoms with E-state index >= 15 is 0 Å². The van der Waals surface area contributed by atoms with Gasteiger partial charge in [-0.1, -0.05) is 57.5 Å². The van der Waals surface area contributed by atoms with E-state index in [1.807, 2.05) is 0 Å². The van der Waals surface area contributed by atoms with Crippen molar-refractivity contribution in [3.05, 3.63) is 11.6 Å². The Morgan fingerprint density at radius 2 is 1.68 bits per heavy atom. The molecule has 0 fully saturated rings. The van der Waals surface area contributed by atoms with Gasteiger partial charge in [0.2, 0.25) is 0 Å². The Hall–Kier alpha value is -0.380. The Bertz CT molecular complexity index is 391. The largest absolute Gasteiger partial charge is 0.314 e. The molecule has 0 aromatic carbocycles. The molecular formula is C15H28BrN3. The Morgan fingerprint density at radius 1 is 1.11 bits per heavy atom. The molecule has 1 aromatic rings. The van der Waals surface area contributed by atoms with Crippen LogP contribution in [0, 0.1) is 17.3 Å². The quantitative estimate of drug-likeness (QED) is 0.722. The third-order valence-electron chi connectivity index (χ3n) is 3.06. The number of nitrogens with zero attached hydrogens (tertiary/aromatic N) is 3. The fourth-order valence-corrected chi connectivity index (χ4v) is 3.04. The van der Waals surface area contributed by atoms with Gasteiger partial charge >= 0.3 is 0 Å². The van der Waals surface area contributed by atoms with Crippen molar-refractivity contribution >= 4 is 15.9 Å². The summed E-state index contributed by atoms with van der Waals surface area (Å²) in [6.45, 7) is 14.7. The monoisotopic (exact) mass is 329 g/mol. The van der Waals surface area contributed by atoms with Gasteiger partial charge in [0.1, 0.15) is 11.6 Å². The highest BCUT2D eigenvalue weighted by atomic mass is 79.9. The zero-order valence-corrected chi connectivity index (χ0v) is 14.8. The van der Waals surface area contributed by atoms with E-state index in [0.29, 0.717) is 17.3 Å². The highest BCUT2D eigenvalue weighted by Gasteiger charge is 2.19.